The van der Waals surface area contributed by atoms with Gasteiger partial charge in [-0.2, -0.15) is 0 Å². The smallest absolute Gasteiger partial charge is 0.261 e. The Balaban J connectivity index is 1.78. The molecule has 1 heterocycles. The van der Waals surface area contributed by atoms with Gasteiger partial charge >= 0.3 is 0 Å². The first-order valence-corrected chi connectivity index (χ1v) is 8.62. The van der Waals surface area contributed by atoms with Crippen LogP contribution < -0.4 is 15.8 Å². The lowest BCUT2D eigenvalue weighted by Gasteiger charge is -2.21. The standard InChI is InChI=1S/C20H22N4O2/c1-23(2)12-18(15-8-4-3-5-9-15)22-19(25)13-24-14-21-17-11-7-6-10-16(17)20(24)26/h3-11,14,18H,12-13H2,1-2H3,(H,22,25)/p+1/t18-/m0/s1. The van der Waals surface area contributed by atoms with E-state index in [2.05, 4.69) is 10.3 Å². The number of hydrogen-bond acceptors (Lipinski definition) is 3. The van der Waals surface area contributed by atoms with E-state index in [1.807, 2.05) is 50.5 Å². The number of nitrogens with zero attached hydrogens (tertiary/aromatic N) is 2. The normalized spacial score (nSPS) is 12.3. The molecule has 0 spiro atoms. The zero-order valence-corrected chi connectivity index (χ0v) is 15.0. The summed E-state index contributed by atoms with van der Waals surface area (Å²) in [7, 11) is 4.08. The average Bonchev–Trinajstić information content (AvgIpc) is 2.64. The largest absolute Gasteiger partial charge is 0.342 e. The Labute approximate surface area is 152 Å². The van der Waals surface area contributed by atoms with Crippen molar-refractivity contribution in [2.45, 2.75) is 12.6 Å². The molecular formula is C20H23N4O2+. The third-order valence-electron chi connectivity index (χ3n) is 4.20. The van der Waals surface area contributed by atoms with Gasteiger partial charge in [0.25, 0.3) is 5.56 Å². The van der Waals surface area contributed by atoms with E-state index in [4.69, 9.17) is 0 Å². The zero-order chi connectivity index (χ0) is 18.5. The molecule has 134 valence electrons. The van der Waals surface area contributed by atoms with E-state index in [9.17, 15) is 9.59 Å². The van der Waals surface area contributed by atoms with Crippen molar-refractivity contribution in [3.05, 3.63) is 76.8 Å². The molecule has 0 aliphatic carbocycles. The molecule has 6 nitrogen and oxygen atoms in total. The molecule has 2 N–H and O–H groups in total. The van der Waals surface area contributed by atoms with E-state index >= 15 is 0 Å². The molecule has 0 radical (unpaired) electrons. The van der Waals surface area contributed by atoms with Crippen LogP contribution in [-0.2, 0) is 11.3 Å². The van der Waals surface area contributed by atoms with Crippen molar-refractivity contribution in [2.75, 3.05) is 20.6 Å². The lowest BCUT2D eigenvalue weighted by Crippen LogP contribution is -3.06. The summed E-state index contributed by atoms with van der Waals surface area (Å²) in [6, 6.07) is 16.9. The predicted octanol–water partition coefficient (Wildman–Crippen LogP) is 0.399. The number of benzene rings is 2. The molecule has 0 aliphatic rings. The van der Waals surface area contributed by atoms with E-state index in [0.717, 1.165) is 12.1 Å². The van der Waals surface area contributed by atoms with Crippen molar-refractivity contribution in [3.8, 4) is 0 Å². The van der Waals surface area contributed by atoms with Crippen molar-refractivity contribution < 1.29 is 9.69 Å². The monoisotopic (exact) mass is 351 g/mol. The minimum atomic E-state index is -0.209. The molecule has 1 amide bonds. The maximum Gasteiger partial charge on any atom is 0.261 e. The van der Waals surface area contributed by atoms with Gasteiger partial charge in [-0.25, -0.2) is 4.98 Å². The maximum absolute atomic E-state index is 12.6. The highest BCUT2D eigenvalue weighted by atomic mass is 16.2. The van der Waals surface area contributed by atoms with Gasteiger partial charge in [0.1, 0.15) is 19.1 Å². The average molecular weight is 351 g/mol. The number of aromatic nitrogens is 2. The van der Waals surface area contributed by atoms with Crippen LogP contribution in [0.2, 0.25) is 0 Å². The number of likely N-dealkylation sites (N-methyl/N-ethyl adjacent to an activating group) is 1. The van der Waals surface area contributed by atoms with Gasteiger partial charge in [-0.15, -0.1) is 0 Å². The number of quaternary nitrogens is 1. The Bertz CT molecular complexity index is 951. The second kappa shape index (κ2) is 7.93. The fourth-order valence-corrected chi connectivity index (χ4v) is 2.96. The van der Waals surface area contributed by atoms with E-state index in [1.165, 1.54) is 15.8 Å². The van der Waals surface area contributed by atoms with Crippen LogP contribution in [0.5, 0.6) is 0 Å². The first kappa shape index (κ1) is 17.8. The highest BCUT2D eigenvalue weighted by molar-refractivity contribution is 5.79. The summed E-state index contributed by atoms with van der Waals surface area (Å²) in [6.07, 6.45) is 1.43. The number of nitrogens with one attached hydrogen (secondary N) is 2. The second-order valence-electron chi connectivity index (χ2n) is 6.64. The van der Waals surface area contributed by atoms with Crippen LogP contribution in [0.4, 0.5) is 0 Å². The summed E-state index contributed by atoms with van der Waals surface area (Å²) >= 11 is 0. The SMILES string of the molecule is C[NH+](C)C[C@H](NC(=O)Cn1cnc2ccccc2c1=O)c1ccccc1. The summed E-state index contributed by atoms with van der Waals surface area (Å²) in [4.78, 5) is 30.6. The quantitative estimate of drug-likeness (QED) is 0.675. The van der Waals surface area contributed by atoms with E-state index < -0.39 is 0 Å². The first-order chi connectivity index (χ1) is 12.5. The molecule has 6 heteroatoms. The number of fused-ring (bicyclic) bond motifs is 1. The molecule has 1 atom stereocenters. The van der Waals surface area contributed by atoms with Crippen LogP contribution in [0, 0.1) is 0 Å². The van der Waals surface area contributed by atoms with Crippen LogP contribution in [0.3, 0.4) is 0 Å². The van der Waals surface area contributed by atoms with Crippen LogP contribution >= 0.6 is 0 Å². The topological polar surface area (TPSA) is 68.4 Å². The number of carbonyl (C=O) groups excluding carboxylic acids is 1. The summed E-state index contributed by atoms with van der Waals surface area (Å²) in [5.41, 5.74) is 1.47. The van der Waals surface area contributed by atoms with Crippen LogP contribution in [0.1, 0.15) is 11.6 Å². The Morgan fingerprint density at radius 3 is 2.54 bits per heavy atom. The Morgan fingerprint density at radius 2 is 1.81 bits per heavy atom. The van der Waals surface area contributed by atoms with Crippen molar-refractivity contribution in [1.29, 1.82) is 0 Å². The summed E-state index contributed by atoms with van der Waals surface area (Å²) in [6.45, 7) is 0.698. The van der Waals surface area contributed by atoms with E-state index in [-0.39, 0.29) is 24.1 Å². The highest BCUT2D eigenvalue weighted by Crippen LogP contribution is 2.10. The van der Waals surface area contributed by atoms with Gasteiger partial charge in [-0.1, -0.05) is 42.5 Å². The van der Waals surface area contributed by atoms with Gasteiger partial charge in [0.2, 0.25) is 5.91 Å². The fourth-order valence-electron chi connectivity index (χ4n) is 2.96. The summed E-state index contributed by atoms with van der Waals surface area (Å²) < 4.78 is 1.35. The molecule has 1 aromatic heterocycles. The van der Waals surface area contributed by atoms with Crippen LogP contribution in [0.25, 0.3) is 10.9 Å². The Morgan fingerprint density at radius 1 is 1.12 bits per heavy atom. The van der Waals surface area contributed by atoms with Gasteiger partial charge in [0.05, 0.1) is 31.3 Å². The molecule has 0 saturated heterocycles. The third-order valence-corrected chi connectivity index (χ3v) is 4.20. The molecule has 2 aromatic carbocycles. The molecule has 3 aromatic rings. The maximum atomic E-state index is 12.6. The number of carbonyl (C=O) groups is 1. The zero-order valence-electron chi connectivity index (χ0n) is 15.0. The molecule has 0 fully saturated rings. The second-order valence-corrected chi connectivity index (χ2v) is 6.64. The van der Waals surface area contributed by atoms with Crippen molar-refractivity contribution in [2.24, 2.45) is 0 Å². The van der Waals surface area contributed by atoms with Gasteiger partial charge < -0.3 is 10.2 Å². The lowest BCUT2D eigenvalue weighted by molar-refractivity contribution is -0.860. The summed E-state index contributed by atoms with van der Waals surface area (Å²) in [5.74, 6) is -0.209. The Kier molecular flexibility index (Phi) is 5.43. The number of para-hydroxylation sites is 1. The molecule has 0 aliphatic heterocycles. The van der Waals surface area contributed by atoms with E-state index in [1.54, 1.807) is 18.2 Å². The van der Waals surface area contributed by atoms with Crippen molar-refractivity contribution in [3.63, 3.8) is 0 Å². The summed E-state index contributed by atoms with van der Waals surface area (Å²) in [5, 5.41) is 3.56. The van der Waals surface area contributed by atoms with Crippen molar-refractivity contribution >= 4 is 16.8 Å². The predicted molar refractivity (Wildman–Crippen MR) is 101 cm³/mol. The minimum Gasteiger partial charge on any atom is -0.342 e. The molecular weight excluding hydrogens is 328 g/mol. The minimum absolute atomic E-state index is 0.0528. The first-order valence-electron chi connectivity index (χ1n) is 8.62. The van der Waals surface area contributed by atoms with E-state index in [0.29, 0.717) is 10.9 Å². The third kappa shape index (κ3) is 4.15. The molecule has 26 heavy (non-hydrogen) atoms. The molecule has 3 rings (SSSR count). The van der Waals surface area contributed by atoms with Gasteiger partial charge in [0, 0.05) is 0 Å². The lowest BCUT2D eigenvalue weighted by atomic mass is 10.1. The van der Waals surface area contributed by atoms with Gasteiger partial charge in [0.15, 0.2) is 0 Å². The number of amides is 1. The fraction of sp³-hybridized carbons (Fsp3) is 0.250. The number of hydrogen-bond donors (Lipinski definition) is 2. The molecule has 0 saturated carbocycles. The number of rotatable bonds is 6. The molecule has 0 bridgehead atoms. The van der Waals surface area contributed by atoms with Gasteiger partial charge in [-0.05, 0) is 17.7 Å². The highest BCUT2D eigenvalue weighted by Gasteiger charge is 2.18. The van der Waals surface area contributed by atoms with Gasteiger partial charge in [-0.3, -0.25) is 14.2 Å². The molecule has 0 unspecified atom stereocenters. The van der Waals surface area contributed by atoms with Crippen LogP contribution in [0.15, 0.2) is 65.7 Å². The van der Waals surface area contributed by atoms with Crippen molar-refractivity contribution in [1.82, 2.24) is 14.9 Å². The Hall–Kier alpha value is -2.99. The van der Waals surface area contributed by atoms with Crippen LogP contribution in [-0.4, -0.2) is 36.1 Å².